The molecule has 5 rings (SSSR count). The lowest BCUT2D eigenvalue weighted by atomic mass is 10.2. The highest BCUT2D eigenvalue weighted by Crippen LogP contribution is 2.32. The molecule has 0 spiro atoms. The summed E-state index contributed by atoms with van der Waals surface area (Å²) in [5, 5.41) is 0.602. The van der Waals surface area contributed by atoms with Gasteiger partial charge in [0.2, 0.25) is 10.0 Å². The molecular weight excluding hydrogens is 564 g/mol. The molecule has 0 N–H and O–H groups in total. The SMILES string of the molecule is COc1ccc2sc(N(CCCN3CCOCC3)C(=O)c3ccc(S(=O)(=O)N4CCOCC4)cc3)nc2c1.Cl. The molecule has 2 aromatic carbocycles. The number of carbonyl (C=O) groups excluding carboxylic acids is 1. The Balaban J connectivity index is 0.00000353. The first-order valence-electron chi connectivity index (χ1n) is 12.7. The van der Waals surface area contributed by atoms with E-state index in [1.54, 1.807) is 24.1 Å². The summed E-state index contributed by atoms with van der Waals surface area (Å²) in [5.41, 5.74) is 1.18. The van der Waals surface area contributed by atoms with Crippen LogP contribution >= 0.6 is 23.7 Å². The van der Waals surface area contributed by atoms with Crippen LogP contribution in [0.4, 0.5) is 5.13 Å². The third kappa shape index (κ3) is 6.88. The predicted octanol–water partition coefficient (Wildman–Crippen LogP) is 3.12. The van der Waals surface area contributed by atoms with Crippen LogP contribution in [0.2, 0.25) is 0 Å². The molecule has 2 aliphatic heterocycles. The molecule has 13 heteroatoms. The van der Waals surface area contributed by atoms with Crippen molar-refractivity contribution in [2.75, 3.05) is 77.7 Å². The Morgan fingerprint density at radius 2 is 1.69 bits per heavy atom. The number of amides is 1. The summed E-state index contributed by atoms with van der Waals surface area (Å²) in [6, 6.07) is 11.9. The molecule has 1 aromatic heterocycles. The summed E-state index contributed by atoms with van der Waals surface area (Å²) in [5.74, 6) is 0.491. The first kappa shape index (κ1) is 29.7. The van der Waals surface area contributed by atoms with Crippen LogP contribution in [-0.4, -0.2) is 101 Å². The third-order valence-electron chi connectivity index (χ3n) is 6.73. The summed E-state index contributed by atoms with van der Waals surface area (Å²) in [4.78, 5) is 22.7. The van der Waals surface area contributed by atoms with E-state index in [1.165, 1.54) is 27.8 Å². The maximum Gasteiger partial charge on any atom is 0.260 e. The maximum absolute atomic E-state index is 13.7. The second-order valence-corrected chi connectivity index (χ2v) is 12.1. The molecule has 0 bridgehead atoms. The topological polar surface area (TPSA) is 102 Å². The van der Waals surface area contributed by atoms with Crippen LogP contribution < -0.4 is 9.64 Å². The number of fused-ring (bicyclic) bond motifs is 1. The van der Waals surface area contributed by atoms with Crippen molar-refractivity contribution in [2.45, 2.75) is 11.3 Å². The minimum absolute atomic E-state index is 0. The van der Waals surface area contributed by atoms with Crippen molar-refractivity contribution < 1.29 is 27.4 Å². The van der Waals surface area contributed by atoms with E-state index in [0.717, 1.165) is 49.5 Å². The van der Waals surface area contributed by atoms with E-state index in [-0.39, 0.29) is 23.2 Å². The van der Waals surface area contributed by atoms with E-state index in [2.05, 4.69) is 4.90 Å². The molecule has 2 aliphatic rings. The smallest absolute Gasteiger partial charge is 0.260 e. The van der Waals surface area contributed by atoms with Crippen molar-refractivity contribution >= 4 is 55.0 Å². The van der Waals surface area contributed by atoms with Crippen LogP contribution in [0.3, 0.4) is 0 Å². The van der Waals surface area contributed by atoms with Gasteiger partial charge in [0.1, 0.15) is 5.75 Å². The molecular formula is C26H33ClN4O6S2. The number of morpholine rings is 2. The Kier molecular flexibility index (Phi) is 10.2. The lowest BCUT2D eigenvalue weighted by molar-refractivity contribution is 0.0376. The minimum Gasteiger partial charge on any atom is -0.497 e. The van der Waals surface area contributed by atoms with Crippen molar-refractivity contribution in [1.29, 1.82) is 0 Å². The highest BCUT2D eigenvalue weighted by atomic mass is 35.5. The van der Waals surface area contributed by atoms with Gasteiger partial charge in [0.15, 0.2) is 5.13 Å². The number of sulfonamides is 1. The number of rotatable bonds is 9. The van der Waals surface area contributed by atoms with Crippen LogP contribution in [0, 0.1) is 0 Å². The van der Waals surface area contributed by atoms with Gasteiger partial charge in [0.05, 0.1) is 48.6 Å². The van der Waals surface area contributed by atoms with Gasteiger partial charge in [-0.1, -0.05) is 11.3 Å². The second-order valence-electron chi connectivity index (χ2n) is 9.14. The Morgan fingerprint density at radius 3 is 2.36 bits per heavy atom. The molecule has 3 heterocycles. The fourth-order valence-electron chi connectivity index (χ4n) is 4.56. The Bertz CT molecular complexity index is 1360. The first-order valence-corrected chi connectivity index (χ1v) is 15.0. The largest absolute Gasteiger partial charge is 0.497 e. The summed E-state index contributed by atoms with van der Waals surface area (Å²) >= 11 is 1.45. The number of anilines is 1. The molecule has 10 nitrogen and oxygen atoms in total. The Labute approximate surface area is 238 Å². The normalized spacial score (nSPS) is 17.1. The summed E-state index contributed by atoms with van der Waals surface area (Å²) in [6.45, 7) is 5.95. The number of nitrogens with zero attached hydrogens (tertiary/aromatic N) is 4. The van der Waals surface area contributed by atoms with E-state index in [0.29, 0.717) is 49.3 Å². The quantitative estimate of drug-likeness (QED) is 0.371. The number of halogens is 1. The monoisotopic (exact) mass is 596 g/mol. The molecule has 0 atom stereocenters. The standard InChI is InChI=1S/C26H32N4O6S2.ClH/c1-34-21-5-8-24-23(19-21)27-26(37-24)30(10-2-9-28-11-15-35-16-12-28)25(31)20-3-6-22(7-4-20)38(32,33)29-13-17-36-18-14-29;/h3-8,19H,2,9-18H2,1H3;1H. The number of methoxy groups -OCH3 is 1. The Morgan fingerprint density at radius 1 is 1.03 bits per heavy atom. The van der Waals surface area contributed by atoms with E-state index in [4.69, 9.17) is 19.2 Å². The summed E-state index contributed by atoms with van der Waals surface area (Å²) in [6.07, 6.45) is 0.772. The molecule has 212 valence electrons. The van der Waals surface area contributed by atoms with Crippen LogP contribution in [0.5, 0.6) is 5.75 Å². The molecule has 39 heavy (non-hydrogen) atoms. The van der Waals surface area contributed by atoms with Gasteiger partial charge >= 0.3 is 0 Å². The molecule has 0 unspecified atom stereocenters. The fraction of sp³-hybridized carbons (Fsp3) is 0.462. The zero-order valence-electron chi connectivity index (χ0n) is 21.8. The molecule has 2 saturated heterocycles. The molecule has 0 saturated carbocycles. The summed E-state index contributed by atoms with van der Waals surface area (Å²) in [7, 11) is -2.03. The lowest BCUT2D eigenvalue weighted by Crippen LogP contribution is -2.40. The number of aromatic nitrogens is 1. The number of benzene rings is 2. The molecule has 3 aromatic rings. The number of carbonyl (C=O) groups is 1. The minimum atomic E-state index is -3.64. The van der Waals surface area contributed by atoms with E-state index in [9.17, 15) is 13.2 Å². The Hall–Kier alpha value is -2.32. The molecule has 0 radical (unpaired) electrons. The number of thiazole rings is 1. The van der Waals surface area contributed by atoms with Gasteiger partial charge < -0.3 is 14.2 Å². The van der Waals surface area contributed by atoms with Crippen molar-refractivity contribution in [3.63, 3.8) is 0 Å². The van der Waals surface area contributed by atoms with Gasteiger partial charge in [-0.2, -0.15) is 4.31 Å². The average molecular weight is 597 g/mol. The van der Waals surface area contributed by atoms with E-state index >= 15 is 0 Å². The first-order chi connectivity index (χ1) is 18.5. The maximum atomic E-state index is 13.7. The van der Waals surface area contributed by atoms with Gasteiger partial charge in [-0.15, -0.1) is 12.4 Å². The van der Waals surface area contributed by atoms with E-state index in [1.807, 2.05) is 18.2 Å². The van der Waals surface area contributed by atoms with Crippen LogP contribution in [0.25, 0.3) is 10.2 Å². The number of hydrogen-bond acceptors (Lipinski definition) is 9. The predicted molar refractivity (Wildman–Crippen MR) is 153 cm³/mol. The van der Waals surface area contributed by atoms with Gasteiger partial charge in [-0.25, -0.2) is 13.4 Å². The molecule has 2 fully saturated rings. The van der Waals surface area contributed by atoms with E-state index < -0.39 is 10.0 Å². The van der Waals surface area contributed by atoms with Crippen molar-refractivity contribution in [1.82, 2.24) is 14.2 Å². The number of ether oxygens (including phenoxy) is 3. The zero-order valence-corrected chi connectivity index (χ0v) is 24.2. The highest BCUT2D eigenvalue weighted by molar-refractivity contribution is 7.89. The van der Waals surface area contributed by atoms with Crippen LogP contribution in [0.15, 0.2) is 47.4 Å². The molecule has 1 amide bonds. The zero-order chi connectivity index (χ0) is 26.5. The average Bonchev–Trinajstić information content (AvgIpc) is 3.39. The van der Waals surface area contributed by atoms with Crippen molar-refractivity contribution in [2.24, 2.45) is 0 Å². The van der Waals surface area contributed by atoms with Crippen LogP contribution in [-0.2, 0) is 19.5 Å². The van der Waals surface area contributed by atoms with Gasteiger partial charge in [0.25, 0.3) is 5.91 Å². The fourth-order valence-corrected chi connectivity index (χ4v) is 6.94. The highest BCUT2D eigenvalue weighted by Gasteiger charge is 2.27. The van der Waals surface area contributed by atoms with Gasteiger partial charge in [-0.05, 0) is 42.8 Å². The van der Waals surface area contributed by atoms with Gasteiger partial charge in [0, 0.05) is 50.9 Å². The lowest BCUT2D eigenvalue weighted by Gasteiger charge is -2.28. The van der Waals surface area contributed by atoms with Gasteiger partial charge in [-0.3, -0.25) is 14.6 Å². The second kappa shape index (κ2) is 13.4. The number of hydrogen-bond donors (Lipinski definition) is 0. The third-order valence-corrected chi connectivity index (χ3v) is 9.70. The molecule has 0 aliphatic carbocycles. The van der Waals surface area contributed by atoms with Crippen LogP contribution in [0.1, 0.15) is 16.8 Å². The summed E-state index contributed by atoms with van der Waals surface area (Å²) < 4.78 is 44.4. The van der Waals surface area contributed by atoms with Crippen molar-refractivity contribution in [3.8, 4) is 5.75 Å². The van der Waals surface area contributed by atoms with Crippen molar-refractivity contribution in [3.05, 3.63) is 48.0 Å².